The molecule has 55 heavy (non-hydrogen) atoms. The summed E-state index contributed by atoms with van der Waals surface area (Å²) in [4.78, 5) is 12.2. The molecular weight excluding hydrogens is 710 g/mol. The number of amides is 1. The zero-order chi connectivity index (χ0) is 38.3. The number of alkyl carbamates (subject to hydrolysis) is 1. The third-order valence-electron chi connectivity index (χ3n) is 8.32. The number of ether oxygens (including phenoxy) is 11. The zero-order valence-electron chi connectivity index (χ0n) is 32.0. The molecule has 1 N–H and O–H groups in total. The van der Waals surface area contributed by atoms with Gasteiger partial charge in [-0.3, -0.25) is 0 Å². The van der Waals surface area contributed by atoms with Crippen LogP contribution in [0.15, 0.2) is 78.9 Å². The van der Waals surface area contributed by atoms with Crippen molar-refractivity contribution in [3.63, 3.8) is 0 Å². The Morgan fingerprint density at radius 3 is 1.18 bits per heavy atom. The molecule has 13 nitrogen and oxygen atoms in total. The fourth-order valence-corrected chi connectivity index (χ4v) is 5.62. The van der Waals surface area contributed by atoms with Crippen LogP contribution < -0.4 is 5.32 Å². The highest BCUT2D eigenvalue weighted by molar-refractivity contribution is 5.79. The van der Waals surface area contributed by atoms with E-state index in [1.54, 1.807) is 0 Å². The Kier molecular flexibility index (Phi) is 23.9. The molecule has 4 rings (SSSR count). The molecule has 0 heterocycles. The van der Waals surface area contributed by atoms with E-state index < -0.39 is 6.09 Å². The van der Waals surface area contributed by atoms with Gasteiger partial charge in [0.15, 0.2) is 0 Å². The normalized spacial score (nSPS) is 12.1. The van der Waals surface area contributed by atoms with Gasteiger partial charge in [-0.1, -0.05) is 78.9 Å². The van der Waals surface area contributed by atoms with Crippen LogP contribution in [0.4, 0.5) is 4.79 Å². The number of carbonyl (C=O) groups excluding carboxylic acids is 1. The second-order valence-corrected chi connectivity index (χ2v) is 12.3. The smallest absolute Gasteiger partial charge is 0.407 e. The third-order valence-corrected chi connectivity index (χ3v) is 8.32. The van der Waals surface area contributed by atoms with Crippen LogP contribution in [-0.4, -0.2) is 145 Å². The van der Waals surface area contributed by atoms with E-state index in [1.165, 1.54) is 22.3 Å². The quantitative estimate of drug-likeness (QED) is 0.0831. The monoisotopic (exact) mass is 769 g/mol. The van der Waals surface area contributed by atoms with Crippen molar-refractivity contribution in [2.24, 2.45) is 0 Å². The summed E-state index contributed by atoms with van der Waals surface area (Å²) in [5.41, 5.74) is 5.93. The van der Waals surface area contributed by atoms with Gasteiger partial charge in [-0.2, -0.15) is 0 Å². The fraction of sp³-hybridized carbons (Fsp3) is 0.548. The molecule has 0 aromatic heterocycles. The summed E-state index contributed by atoms with van der Waals surface area (Å²) in [5, 5.41) is 2.74. The van der Waals surface area contributed by atoms with Gasteiger partial charge in [-0.05, 0) is 27.8 Å². The Bertz CT molecular complexity index is 1350. The standard InChI is InChI=1S/C42H59NO12/c44-42(55-35-41-39-12-6-4-10-37(39)38-11-5-7-13-40(38)41)43-14-15-45-16-17-46-18-19-47-20-21-48-22-23-49-24-25-50-26-27-51-28-29-52-30-31-53-32-33-54-34-36-8-2-1-3-9-36/h1-13,41H,14-35H2,(H,43,44). The number of hydrogen-bond acceptors (Lipinski definition) is 12. The van der Waals surface area contributed by atoms with Crippen LogP contribution in [0.3, 0.4) is 0 Å². The minimum atomic E-state index is -0.452. The van der Waals surface area contributed by atoms with Gasteiger partial charge >= 0.3 is 6.09 Å². The summed E-state index contributed by atoms with van der Waals surface area (Å²) >= 11 is 0. The topological polar surface area (TPSA) is 131 Å². The lowest BCUT2D eigenvalue weighted by Gasteiger charge is -2.14. The number of fused-ring (bicyclic) bond motifs is 3. The molecule has 0 radical (unpaired) electrons. The van der Waals surface area contributed by atoms with Crippen LogP contribution >= 0.6 is 0 Å². The number of rotatable bonds is 34. The largest absolute Gasteiger partial charge is 0.449 e. The van der Waals surface area contributed by atoms with Gasteiger partial charge in [0.05, 0.1) is 132 Å². The van der Waals surface area contributed by atoms with Crippen molar-refractivity contribution in [2.45, 2.75) is 12.5 Å². The SMILES string of the molecule is O=C(NCCOCCOCCOCCOCCOCCOCCOCCOCCOCCOCc1ccccc1)OCC1c2ccccc2-c2ccccc21. The lowest BCUT2D eigenvalue weighted by Crippen LogP contribution is -2.29. The summed E-state index contributed by atoms with van der Waals surface area (Å²) in [5.74, 6) is 0.0371. The van der Waals surface area contributed by atoms with Crippen molar-refractivity contribution in [1.82, 2.24) is 5.32 Å². The Balaban J connectivity index is 0.787. The van der Waals surface area contributed by atoms with E-state index in [0.29, 0.717) is 139 Å². The van der Waals surface area contributed by atoms with E-state index in [2.05, 4.69) is 29.6 Å². The van der Waals surface area contributed by atoms with Gasteiger partial charge in [0.2, 0.25) is 0 Å². The summed E-state index contributed by atoms with van der Waals surface area (Å²) in [6, 6.07) is 26.6. The predicted molar refractivity (Wildman–Crippen MR) is 207 cm³/mol. The Hall–Kier alpha value is -3.47. The second kappa shape index (κ2) is 29.8. The fourth-order valence-electron chi connectivity index (χ4n) is 5.62. The molecule has 0 aliphatic heterocycles. The molecular formula is C42H59NO12. The number of nitrogens with one attached hydrogen (secondary N) is 1. The maximum atomic E-state index is 12.2. The molecule has 0 fully saturated rings. The average Bonchev–Trinajstić information content (AvgIpc) is 3.54. The summed E-state index contributed by atoms with van der Waals surface area (Å²) in [6.45, 7) is 10.5. The summed E-state index contributed by atoms with van der Waals surface area (Å²) in [6.07, 6.45) is -0.452. The minimum Gasteiger partial charge on any atom is -0.449 e. The molecule has 0 bridgehead atoms. The van der Waals surface area contributed by atoms with Gasteiger partial charge in [-0.25, -0.2) is 4.79 Å². The van der Waals surface area contributed by atoms with Gasteiger partial charge in [0.1, 0.15) is 6.61 Å². The molecule has 0 saturated heterocycles. The second-order valence-electron chi connectivity index (χ2n) is 12.3. The molecule has 1 aliphatic carbocycles. The van der Waals surface area contributed by atoms with Crippen molar-refractivity contribution < 1.29 is 56.9 Å². The Morgan fingerprint density at radius 2 is 0.764 bits per heavy atom. The first-order valence-electron chi connectivity index (χ1n) is 19.2. The molecule has 1 amide bonds. The van der Waals surface area contributed by atoms with E-state index in [-0.39, 0.29) is 12.5 Å². The van der Waals surface area contributed by atoms with Crippen molar-refractivity contribution in [1.29, 1.82) is 0 Å². The minimum absolute atomic E-state index is 0.0371. The van der Waals surface area contributed by atoms with Crippen molar-refractivity contribution in [3.8, 4) is 11.1 Å². The lowest BCUT2D eigenvalue weighted by atomic mass is 9.98. The van der Waals surface area contributed by atoms with E-state index in [4.69, 9.17) is 52.1 Å². The van der Waals surface area contributed by atoms with Crippen LogP contribution in [0, 0.1) is 0 Å². The Morgan fingerprint density at radius 1 is 0.418 bits per heavy atom. The number of hydrogen-bond donors (Lipinski definition) is 1. The van der Waals surface area contributed by atoms with Crippen LogP contribution in [0.1, 0.15) is 22.6 Å². The van der Waals surface area contributed by atoms with E-state index in [1.807, 2.05) is 54.6 Å². The van der Waals surface area contributed by atoms with Crippen molar-refractivity contribution >= 4 is 6.09 Å². The third kappa shape index (κ3) is 19.3. The summed E-state index contributed by atoms with van der Waals surface area (Å²) < 4.78 is 60.7. The molecule has 13 heteroatoms. The van der Waals surface area contributed by atoms with Gasteiger partial charge in [0, 0.05) is 12.5 Å². The van der Waals surface area contributed by atoms with Gasteiger partial charge in [-0.15, -0.1) is 0 Å². The zero-order valence-corrected chi connectivity index (χ0v) is 32.0. The average molecular weight is 770 g/mol. The van der Waals surface area contributed by atoms with Crippen molar-refractivity contribution in [2.75, 3.05) is 139 Å². The van der Waals surface area contributed by atoms with Crippen LogP contribution in [0.2, 0.25) is 0 Å². The molecule has 304 valence electrons. The maximum Gasteiger partial charge on any atom is 0.407 e. The number of benzene rings is 3. The maximum absolute atomic E-state index is 12.2. The first-order chi connectivity index (χ1) is 27.3. The first-order valence-corrected chi connectivity index (χ1v) is 19.2. The highest BCUT2D eigenvalue weighted by Gasteiger charge is 2.28. The number of carbonyl (C=O) groups is 1. The van der Waals surface area contributed by atoms with Crippen LogP contribution in [0.5, 0.6) is 0 Å². The Labute approximate surface area is 325 Å². The van der Waals surface area contributed by atoms with Gasteiger partial charge < -0.3 is 57.4 Å². The lowest BCUT2D eigenvalue weighted by molar-refractivity contribution is -0.0266. The highest BCUT2D eigenvalue weighted by Crippen LogP contribution is 2.44. The van der Waals surface area contributed by atoms with Crippen molar-refractivity contribution in [3.05, 3.63) is 95.6 Å². The van der Waals surface area contributed by atoms with Crippen LogP contribution in [-0.2, 0) is 58.7 Å². The predicted octanol–water partition coefficient (Wildman–Crippen LogP) is 4.89. The molecule has 0 atom stereocenters. The molecule has 0 unspecified atom stereocenters. The summed E-state index contributed by atoms with van der Waals surface area (Å²) in [7, 11) is 0. The molecule has 1 aliphatic rings. The molecule has 3 aromatic carbocycles. The van der Waals surface area contributed by atoms with E-state index in [9.17, 15) is 4.79 Å². The highest BCUT2D eigenvalue weighted by atomic mass is 16.6. The van der Waals surface area contributed by atoms with E-state index in [0.717, 1.165) is 5.56 Å². The molecule has 0 spiro atoms. The molecule has 3 aromatic rings. The molecule has 0 saturated carbocycles. The van der Waals surface area contributed by atoms with Gasteiger partial charge in [0.25, 0.3) is 0 Å². The van der Waals surface area contributed by atoms with E-state index >= 15 is 0 Å². The van der Waals surface area contributed by atoms with Crippen LogP contribution in [0.25, 0.3) is 11.1 Å². The first kappa shape index (κ1) is 44.2.